The van der Waals surface area contributed by atoms with Gasteiger partial charge in [-0.1, -0.05) is 66.2 Å². The lowest BCUT2D eigenvalue weighted by Crippen LogP contribution is -1.80. The summed E-state index contributed by atoms with van der Waals surface area (Å²) in [5, 5.41) is 9.80. The van der Waals surface area contributed by atoms with E-state index < -0.39 is 0 Å². The van der Waals surface area contributed by atoms with Crippen LogP contribution in [0.4, 0.5) is 0 Å². The van der Waals surface area contributed by atoms with Gasteiger partial charge in [-0.2, -0.15) is 5.26 Å². The normalized spacial score (nSPS) is 11.5. The summed E-state index contributed by atoms with van der Waals surface area (Å²) in [6, 6.07) is 19.4. The molecule has 0 radical (unpaired) electrons. The molecule has 0 aromatic heterocycles. The van der Waals surface area contributed by atoms with E-state index in [4.69, 9.17) is 11.6 Å². The largest absolute Gasteiger partial charge is 0.192 e. The van der Waals surface area contributed by atoms with E-state index in [9.17, 15) is 5.26 Å². The summed E-state index contributed by atoms with van der Waals surface area (Å²) in [6.07, 6.45) is 5.62. The highest BCUT2D eigenvalue weighted by atomic mass is 35.5. The lowest BCUT2D eigenvalue weighted by atomic mass is 10.1. The maximum absolute atomic E-state index is 9.17. The Morgan fingerprint density at radius 3 is 2.53 bits per heavy atom. The first kappa shape index (κ1) is 13.1. The molecule has 0 unspecified atom stereocenters. The molecule has 2 aromatic rings. The molecule has 2 aromatic carbocycles. The topological polar surface area (TPSA) is 23.8 Å². The fraction of sp³-hybridized carbons (Fsp3) is 0. The minimum absolute atomic E-state index is 0.592. The molecule has 2 rings (SSSR count). The van der Waals surface area contributed by atoms with Gasteiger partial charge in [-0.3, -0.25) is 0 Å². The number of halogens is 1. The van der Waals surface area contributed by atoms with Gasteiger partial charge in [0.1, 0.15) is 0 Å². The Balaban J connectivity index is 2.21. The minimum atomic E-state index is 0.592. The van der Waals surface area contributed by atoms with Crippen LogP contribution in [-0.4, -0.2) is 0 Å². The molecule has 0 saturated carbocycles. The monoisotopic (exact) mass is 265 g/mol. The van der Waals surface area contributed by atoms with Gasteiger partial charge in [-0.05, 0) is 29.3 Å². The zero-order valence-electron chi connectivity index (χ0n) is 10.3. The number of nitrogens with zero attached hydrogens (tertiary/aromatic N) is 1. The molecule has 0 bridgehead atoms. The molecule has 0 amide bonds. The minimum Gasteiger partial charge on any atom is -0.192 e. The third kappa shape index (κ3) is 3.84. The van der Waals surface area contributed by atoms with Crippen molar-refractivity contribution in [3.63, 3.8) is 0 Å². The van der Waals surface area contributed by atoms with Gasteiger partial charge in [-0.15, -0.1) is 0 Å². The van der Waals surface area contributed by atoms with Crippen LogP contribution < -0.4 is 0 Å². The quantitative estimate of drug-likeness (QED) is 0.568. The molecule has 0 atom stereocenters. The van der Waals surface area contributed by atoms with E-state index in [1.807, 2.05) is 54.6 Å². The van der Waals surface area contributed by atoms with Crippen LogP contribution in [0.3, 0.4) is 0 Å². The molecular formula is C17H12ClN. The van der Waals surface area contributed by atoms with Gasteiger partial charge in [0, 0.05) is 5.02 Å². The van der Waals surface area contributed by atoms with Gasteiger partial charge in [0.25, 0.3) is 0 Å². The van der Waals surface area contributed by atoms with E-state index >= 15 is 0 Å². The van der Waals surface area contributed by atoms with Crippen LogP contribution in [0.5, 0.6) is 0 Å². The Labute approximate surface area is 118 Å². The average Bonchev–Trinajstić information content (AvgIpc) is 2.45. The van der Waals surface area contributed by atoms with Crippen LogP contribution >= 0.6 is 11.6 Å². The van der Waals surface area contributed by atoms with Crippen LogP contribution in [0, 0.1) is 11.3 Å². The van der Waals surface area contributed by atoms with Crippen molar-refractivity contribution in [3.8, 4) is 6.07 Å². The zero-order valence-corrected chi connectivity index (χ0v) is 11.0. The van der Waals surface area contributed by atoms with Crippen LogP contribution in [0.15, 0.2) is 66.7 Å². The van der Waals surface area contributed by atoms with E-state index in [2.05, 4.69) is 6.07 Å². The van der Waals surface area contributed by atoms with E-state index in [0.717, 1.165) is 11.1 Å². The van der Waals surface area contributed by atoms with Gasteiger partial charge in [0.05, 0.1) is 11.6 Å². The van der Waals surface area contributed by atoms with Crippen molar-refractivity contribution < 1.29 is 0 Å². The highest BCUT2D eigenvalue weighted by Gasteiger charge is 1.99. The Kier molecular flexibility index (Phi) is 4.55. The zero-order chi connectivity index (χ0) is 13.5. The van der Waals surface area contributed by atoms with Gasteiger partial charge >= 0.3 is 0 Å². The molecule has 0 N–H and O–H groups in total. The van der Waals surface area contributed by atoms with Gasteiger partial charge in [0.2, 0.25) is 0 Å². The highest BCUT2D eigenvalue weighted by Crippen LogP contribution is 2.18. The molecule has 0 fully saturated rings. The molecule has 0 saturated heterocycles. The van der Waals surface area contributed by atoms with E-state index in [-0.39, 0.29) is 0 Å². The van der Waals surface area contributed by atoms with Crippen LogP contribution in [-0.2, 0) is 0 Å². The second-order valence-corrected chi connectivity index (χ2v) is 4.41. The van der Waals surface area contributed by atoms with Crippen molar-refractivity contribution in [2.45, 2.75) is 0 Å². The number of hydrogen-bond donors (Lipinski definition) is 0. The number of nitriles is 1. The SMILES string of the molecule is N#C/C(=C/C=C\c1ccccc1)c1cccc(Cl)c1. The van der Waals surface area contributed by atoms with Crippen molar-refractivity contribution in [2.75, 3.05) is 0 Å². The first-order valence-corrected chi connectivity index (χ1v) is 6.27. The molecule has 1 nitrogen and oxygen atoms in total. The fourth-order valence-corrected chi connectivity index (χ4v) is 1.86. The van der Waals surface area contributed by atoms with Gasteiger partial charge in [0.15, 0.2) is 0 Å². The van der Waals surface area contributed by atoms with Crippen LogP contribution in [0.25, 0.3) is 11.6 Å². The predicted octanol–water partition coefficient (Wildman–Crippen LogP) is 4.96. The standard InChI is InChI=1S/C17H12ClN/c18-17-11-5-9-15(12-17)16(13-19)10-4-8-14-6-2-1-3-7-14/h1-12H/b8-4-,16-10-. The number of benzene rings is 2. The summed E-state index contributed by atoms with van der Waals surface area (Å²) in [5.74, 6) is 0. The summed E-state index contributed by atoms with van der Waals surface area (Å²) in [7, 11) is 0. The Hall–Kier alpha value is -2.30. The lowest BCUT2D eigenvalue weighted by Gasteiger charge is -1.98. The first-order valence-electron chi connectivity index (χ1n) is 5.89. The first-order chi connectivity index (χ1) is 9.29. The van der Waals surface area contributed by atoms with Crippen LogP contribution in [0.2, 0.25) is 5.02 Å². The molecule has 0 aliphatic heterocycles. The molecule has 0 spiro atoms. The molecule has 19 heavy (non-hydrogen) atoms. The summed E-state index contributed by atoms with van der Waals surface area (Å²) in [4.78, 5) is 0. The number of allylic oxidation sites excluding steroid dienone is 3. The van der Waals surface area contributed by atoms with Gasteiger partial charge < -0.3 is 0 Å². The molecule has 92 valence electrons. The van der Waals surface area contributed by atoms with Gasteiger partial charge in [-0.25, -0.2) is 0 Å². The highest BCUT2D eigenvalue weighted by molar-refractivity contribution is 6.30. The van der Waals surface area contributed by atoms with Crippen molar-refractivity contribution in [1.29, 1.82) is 5.26 Å². The third-order valence-electron chi connectivity index (χ3n) is 2.61. The van der Waals surface area contributed by atoms with Crippen molar-refractivity contribution >= 4 is 23.3 Å². The average molecular weight is 266 g/mol. The van der Waals surface area contributed by atoms with Crippen LogP contribution in [0.1, 0.15) is 11.1 Å². The summed E-state index contributed by atoms with van der Waals surface area (Å²) in [6.45, 7) is 0. The second kappa shape index (κ2) is 6.58. The summed E-state index contributed by atoms with van der Waals surface area (Å²) >= 11 is 5.92. The van der Waals surface area contributed by atoms with Crippen molar-refractivity contribution in [1.82, 2.24) is 0 Å². The fourth-order valence-electron chi connectivity index (χ4n) is 1.67. The summed E-state index contributed by atoms with van der Waals surface area (Å²) in [5.41, 5.74) is 2.52. The molecule has 0 aliphatic rings. The number of rotatable bonds is 3. The Morgan fingerprint density at radius 1 is 1.05 bits per heavy atom. The predicted molar refractivity (Wildman–Crippen MR) is 80.5 cm³/mol. The smallest absolute Gasteiger partial charge is 0.0997 e. The maximum Gasteiger partial charge on any atom is 0.0997 e. The number of hydrogen-bond acceptors (Lipinski definition) is 1. The molecule has 0 aliphatic carbocycles. The summed E-state index contributed by atoms with van der Waals surface area (Å²) < 4.78 is 0. The maximum atomic E-state index is 9.17. The Morgan fingerprint density at radius 2 is 1.84 bits per heavy atom. The van der Waals surface area contributed by atoms with Crippen molar-refractivity contribution in [3.05, 3.63) is 82.9 Å². The van der Waals surface area contributed by atoms with E-state index in [1.165, 1.54) is 0 Å². The second-order valence-electron chi connectivity index (χ2n) is 3.97. The van der Waals surface area contributed by atoms with Crippen molar-refractivity contribution in [2.24, 2.45) is 0 Å². The molecule has 0 heterocycles. The molecule has 2 heteroatoms. The molecular weight excluding hydrogens is 254 g/mol. The van der Waals surface area contributed by atoms with E-state index in [1.54, 1.807) is 18.2 Å². The lowest BCUT2D eigenvalue weighted by molar-refractivity contribution is 1.52. The van der Waals surface area contributed by atoms with E-state index in [0.29, 0.717) is 10.6 Å². The third-order valence-corrected chi connectivity index (χ3v) is 2.84. The Bertz CT molecular complexity index is 648.